The van der Waals surface area contributed by atoms with Crippen LogP contribution >= 0.6 is 11.3 Å². The fourth-order valence-corrected chi connectivity index (χ4v) is 3.92. The summed E-state index contributed by atoms with van der Waals surface area (Å²) in [6.45, 7) is 7.72. The number of hydrogen-bond acceptors (Lipinski definition) is 3. The van der Waals surface area contributed by atoms with Crippen molar-refractivity contribution in [3.8, 4) is 0 Å². The molecule has 1 aromatic carbocycles. The fraction of sp³-hybridized carbons (Fsp3) is 0.429. The van der Waals surface area contributed by atoms with Gasteiger partial charge in [-0.25, -0.2) is 0 Å². The first-order valence-electron chi connectivity index (χ1n) is 9.09. The maximum Gasteiger partial charge on any atom is 0.263 e. The van der Waals surface area contributed by atoms with Gasteiger partial charge in [0.1, 0.15) is 0 Å². The number of hydrogen-bond donors (Lipinski definition) is 1. The molecule has 1 saturated heterocycles. The highest BCUT2D eigenvalue weighted by Crippen LogP contribution is 2.25. The third-order valence-corrected chi connectivity index (χ3v) is 5.69. The molecule has 0 spiro atoms. The summed E-state index contributed by atoms with van der Waals surface area (Å²) in [7, 11) is 0. The van der Waals surface area contributed by atoms with Crippen LogP contribution in [-0.4, -0.2) is 29.8 Å². The average molecular weight is 371 g/mol. The Kier molecular flexibility index (Phi) is 5.47. The molecular formula is C21H26N2O2S. The predicted octanol–water partition coefficient (Wildman–Crippen LogP) is 4.54. The minimum Gasteiger partial charge on any atom is -0.337 e. The number of nitrogens with one attached hydrogen (secondary N) is 1. The minimum absolute atomic E-state index is 0.00260. The van der Waals surface area contributed by atoms with Gasteiger partial charge in [-0.15, -0.1) is 11.3 Å². The second kappa shape index (κ2) is 7.62. The van der Waals surface area contributed by atoms with Crippen molar-refractivity contribution in [1.82, 2.24) is 4.90 Å². The van der Waals surface area contributed by atoms with Gasteiger partial charge in [0.05, 0.1) is 10.8 Å². The molecule has 1 N–H and O–H groups in total. The number of thiophene rings is 1. The van der Waals surface area contributed by atoms with E-state index in [0.29, 0.717) is 6.54 Å². The van der Waals surface area contributed by atoms with E-state index in [9.17, 15) is 9.59 Å². The van der Waals surface area contributed by atoms with E-state index in [2.05, 4.69) is 38.2 Å². The van der Waals surface area contributed by atoms with Crippen LogP contribution in [0.1, 0.15) is 48.8 Å². The summed E-state index contributed by atoms with van der Waals surface area (Å²) >= 11 is 1.45. The first kappa shape index (κ1) is 18.6. The Labute approximate surface area is 159 Å². The zero-order chi connectivity index (χ0) is 18.7. The van der Waals surface area contributed by atoms with E-state index in [0.717, 1.165) is 30.0 Å². The standard InChI is InChI=1S/C21H26N2O2S/c1-21(2,3)16-8-10-17(11-9-16)22-19(24)15-6-4-12-23(14-15)20(25)18-7-5-13-26-18/h5,7-11,13,15H,4,6,12,14H2,1-3H3,(H,22,24)/t15-/m0/s1. The summed E-state index contributed by atoms with van der Waals surface area (Å²) in [4.78, 5) is 27.7. The predicted molar refractivity (Wildman–Crippen MR) is 107 cm³/mol. The third-order valence-electron chi connectivity index (χ3n) is 4.83. The molecule has 2 heterocycles. The summed E-state index contributed by atoms with van der Waals surface area (Å²) in [5, 5.41) is 4.92. The molecule has 1 aromatic heterocycles. The molecule has 0 aliphatic carbocycles. The lowest BCUT2D eigenvalue weighted by molar-refractivity contribution is -0.121. The number of carbonyl (C=O) groups excluding carboxylic acids is 2. The molecule has 0 unspecified atom stereocenters. The van der Waals surface area contributed by atoms with Crippen molar-refractivity contribution in [3.05, 3.63) is 52.2 Å². The summed E-state index contributed by atoms with van der Waals surface area (Å²) in [6.07, 6.45) is 1.68. The van der Waals surface area contributed by atoms with Crippen molar-refractivity contribution in [1.29, 1.82) is 0 Å². The highest BCUT2D eigenvalue weighted by Gasteiger charge is 2.29. The summed E-state index contributed by atoms with van der Waals surface area (Å²) in [5.41, 5.74) is 2.14. The molecule has 4 nitrogen and oxygen atoms in total. The number of amides is 2. The van der Waals surface area contributed by atoms with Crippen LogP contribution in [0.4, 0.5) is 5.69 Å². The van der Waals surface area contributed by atoms with Gasteiger partial charge in [-0.05, 0) is 47.4 Å². The maximum absolute atomic E-state index is 12.7. The number of carbonyl (C=O) groups is 2. The number of rotatable bonds is 3. The Balaban J connectivity index is 1.61. The van der Waals surface area contributed by atoms with Crippen LogP contribution < -0.4 is 5.32 Å². The highest BCUT2D eigenvalue weighted by atomic mass is 32.1. The molecule has 1 aliphatic rings. The molecular weight excluding hydrogens is 344 g/mol. The molecule has 2 aromatic rings. The van der Waals surface area contributed by atoms with E-state index in [1.807, 2.05) is 34.5 Å². The van der Waals surface area contributed by atoms with Crippen molar-refractivity contribution >= 4 is 28.8 Å². The van der Waals surface area contributed by atoms with Crippen LogP contribution in [0.3, 0.4) is 0 Å². The smallest absolute Gasteiger partial charge is 0.263 e. The van der Waals surface area contributed by atoms with Crippen LogP contribution in [0.15, 0.2) is 41.8 Å². The lowest BCUT2D eigenvalue weighted by Crippen LogP contribution is -2.43. The van der Waals surface area contributed by atoms with Crippen LogP contribution in [0.2, 0.25) is 0 Å². The zero-order valence-corrected chi connectivity index (χ0v) is 16.4. The average Bonchev–Trinajstić information content (AvgIpc) is 3.15. The molecule has 5 heteroatoms. The van der Waals surface area contributed by atoms with Gasteiger partial charge in [0.15, 0.2) is 0 Å². The SMILES string of the molecule is CC(C)(C)c1ccc(NC(=O)[C@H]2CCCN(C(=O)c3cccs3)C2)cc1. The van der Waals surface area contributed by atoms with Gasteiger partial charge < -0.3 is 10.2 Å². The molecule has 0 saturated carbocycles. The molecule has 0 radical (unpaired) electrons. The van der Waals surface area contributed by atoms with Gasteiger partial charge in [-0.1, -0.05) is 39.0 Å². The van der Waals surface area contributed by atoms with Gasteiger partial charge in [0, 0.05) is 18.8 Å². The molecule has 138 valence electrons. The second-order valence-corrected chi connectivity index (χ2v) is 8.83. The van der Waals surface area contributed by atoms with Crippen molar-refractivity contribution in [3.63, 3.8) is 0 Å². The minimum atomic E-state index is -0.157. The van der Waals surface area contributed by atoms with E-state index < -0.39 is 0 Å². The Bertz CT molecular complexity index is 760. The largest absolute Gasteiger partial charge is 0.337 e. The van der Waals surface area contributed by atoms with Crippen LogP contribution in [0, 0.1) is 5.92 Å². The lowest BCUT2D eigenvalue weighted by Gasteiger charge is -2.31. The number of likely N-dealkylation sites (tertiary alicyclic amines) is 1. The van der Waals surface area contributed by atoms with E-state index >= 15 is 0 Å². The van der Waals surface area contributed by atoms with Gasteiger partial charge >= 0.3 is 0 Å². The number of benzene rings is 1. The molecule has 26 heavy (non-hydrogen) atoms. The normalized spacial score (nSPS) is 17.8. The van der Waals surface area contributed by atoms with Gasteiger partial charge in [-0.2, -0.15) is 0 Å². The van der Waals surface area contributed by atoms with Crippen LogP contribution in [0.25, 0.3) is 0 Å². The lowest BCUT2D eigenvalue weighted by atomic mass is 9.87. The monoisotopic (exact) mass is 370 g/mol. The van der Waals surface area contributed by atoms with Gasteiger partial charge in [-0.3, -0.25) is 9.59 Å². The summed E-state index contributed by atoms with van der Waals surface area (Å²) in [5.74, 6) is -0.126. The van der Waals surface area contributed by atoms with Crippen molar-refractivity contribution in [2.45, 2.75) is 39.0 Å². The van der Waals surface area contributed by atoms with Gasteiger partial charge in [0.25, 0.3) is 5.91 Å². The fourth-order valence-electron chi connectivity index (χ4n) is 3.23. The van der Waals surface area contributed by atoms with Crippen molar-refractivity contribution in [2.75, 3.05) is 18.4 Å². The third kappa shape index (κ3) is 4.33. The second-order valence-electron chi connectivity index (χ2n) is 7.88. The van der Waals surface area contributed by atoms with Crippen LogP contribution in [0.5, 0.6) is 0 Å². The zero-order valence-electron chi connectivity index (χ0n) is 15.6. The molecule has 2 amide bonds. The quantitative estimate of drug-likeness (QED) is 0.862. The van der Waals surface area contributed by atoms with Crippen molar-refractivity contribution < 1.29 is 9.59 Å². The Morgan fingerprint density at radius 2 is 1.88 bits per heavy atom. The number of anilines is 1. The van der Waals surface area contributed by atoms with Crippen LogP contribution in [-0.2, 0) is 10.2 Å². The Morgan fingerprint density at radius 3 is 2.50 bits per heavy atom. The molecule has 1 fully saturated rings. The summed E-state index contributed by atoms with van der Waals surface area (Å²) < 4.78 is 0. The highest BCUT2D eigenvalue weighted by molar-refractivity contribution is 7.12. The molecule has 0 bridgehead atoms. The van der Waals surface area contributed by atoms with E-state index in [4.69, 9.17) is 0 Å². The first-order chi connectivity index (χ1) is 12.3. The van der Waals surface area contributed by atoms with Crippen molar-refractivity contribution in [2.24, 2.45) is 5.92 Å². The first-order valence-corrected chi connectivity index (χ1v) is 9.97. The summed E-state index contributed by atoms with van der Waals surface area (Å²) in [6, 6.07) is 11.7. The molecule has 1 aliphatic heterocycles. The maximum atomic E-state index is 12.7. The van der Waals surface area contributed by atoms with Gasteiger partial charge in [0.2, 0.25) is 5.91 Å². The Hall–Kier alpha value is -2.14. The Morgan fingerprint density at radius 1 is 1.15 bits per heavy atom. The number of nitrogens with zero attached hydrogens (tertiary/aromatic N) is 1. The molecule has 1 atom stereocenters. The molecule has 3 rings (SSSR count). The van der Waals surface area contributed by atoms with E-state index in [1.165, 1.54) is 16.9 Å². The topological polar surface area (TPSA) is 49.4 Å². The number of piperidine rings is 1. The van der Waals surface area contributed by atoms with E-state index in [1.54, 1.807) is 0 Å². The van der Waals surface area contributed by atoms with E-state index in [-0.39, 0.29) is 23.1 Å².